The van der Waals surface area contributed by atoms with Gasteiger partial charge in [0.1, 0.15) is 0 Å². The molecule has 0 aromatic carbocycles. The van der Waals surface area contributed by atoms with E-state index in [2.05, 4.69) is 80.1 Å². The van der Waals surface area contributed by atoms with Gasteiger partial charge in [-0.2, -0.15) is 0 Å². The molecule has 0 unspecified atom stereocenters. The van der Waals surface area contributed by atoms with Gasteiger partial charge in [0.25, 0.3) is 0 Å². The van der Waals surface area contributed by atoms with Crippen LogP contribution in [0.2, 0.25) is 0 Å². The van der Waals surface area contributed by atoms with Gasteiger partial charge < -0.3 is 10.2 Å². The second-order valence-electron chi connectivity index (χ2n) is 9.09. The summed E-state index contributed by atoms with van der Waals surface area (Å²) in [6.07, 6.45) is 6.93. The highest BCUT2D eigenvalue weighted by atomic mass is 32.2. The van der Waals surface area contributed by atoms with Gasteiger partial charge >= 0.3 is 0 Å². The fourth-order valence-electron chi connectivity index (χ4n) is 3.02. The van der Waals surface area contributed by atoms with Gasteiger partial charge in [-0.05, 0) is 52.2 Å². The minimum Gasteiger partial charge on any atom is -0.315 e. The molecular weight excluding hydrogens is 352 g/mol. The molecule has 2 rings (SSSR count). The van der Waals surface area contributed by atoms with E-state index in [1.54, 1.807) is 0 Å². The lowest BCUT2D eigenvalue weighted by molar-refractivity contribution is 0.133. The van der Waals surface area contributed by atoms with Crippen LogP contribution in [0.15, 0.2) is 0 Å². The third-order valence-corrected chi connectivity index (χ3v) is 7.26. The standard InChI is InChI=1S/C16H36N4S.C6H12/c1-6-8-9-20(11-10-18(4)5)21-16-13-19(14-16)15(3)12-17-7-2;1-3-6(2)4-5-6/h15-17H,6-14H2,1-5H3;3-5H2,1-2H3/t15-;/m0./s1. The highest BCUT2D eigenvalue weighted by Crippen LogP contribution is 2.47. The number of nitrogens with one attached hydrogen (secondary N) is 1. The van der Waals surface area contributed by atoms with E-state index in [9.17, 15) is 0 Å². The number of unbranched alkanes of at least 4 members (excludes halogenated alkanes) is 1. The summed E-state index contributed by atoms with van der Waals surface area (Å²) in [4.78, 5) is 4.88. The Balaban J connectivity index is 0.000000511. The Kier molecular flexibility index (Phi) is 12.5. The van der Waals surface area contributed by atoms with Gasteiger partial charge in [0.05, 0.1) is 0 Å². The average Bonchev–Trinajstić information content (AvgIpc) is 3.35. The zero-order valence-corrected chi connectivity index (χ0v) is 20.2. The molecule has 0 spiro atoms. The molecule has 0 bridgehead atoms. The second-order valence-corrected chi connectivity index (χ2v) is 10.5. The van der Waals surface area contributed by atoms with Crippen molar-refractivity contribution in [1.29, 1.82) is 0 Å². The van der Waals surface area contributed by atoms with Crippen molar-refractivity contribution in [2.75, 3.05) is 59.9 Å². The molecule has 27 heavy (non-hydrogen) atoms. The first kappa shape index (κ1) is 25.2. The first-order valence-corrected chi connectivity index (χ1v) is 12.2. The molecule has 2 aliphatic rings. The van der Waals surface area contributed by atoms with Crippen LogP contribution in [-0.2, 0) is 0 Å². The summed E-state index contributed by atoms with van der Waals surface area (Å²) >= 11 is 2.10. The van der Waals surface area contributed by atoms with E-state index in [0.717, 1.165) is 30.3 Å². The Hall–Kier alpha value is 0.190. The molecule has 1 saturated carbocycles. The van der Waals surface area contributed by atoms with E-state index in [4.69, 9.17) is 0 Å². The predicted molar refractivity (Wildman–Crippen MR) is 124 cm³/mol. The van der Waals surface area contributed by atoms with Crippen molar-refractivity contribution in [3.63, 3.8) is 0 Å². The number of rotatable bonds is 13. The van der Waals surface area contributed by atoms with Crippen molar-refractivity contribution in [3.8, 4) is 0 Å². The largest absolute Gasteiger partial charge is 0.315 e. The lowest BCUT2D eigenvalue weighted by Crippen LogP contribution is -2.56. The molecule has 1 atom stereocenters. The maximum Gasteiger partial charge on any atom is 0.0449 e. The SMILES string of the molecule is CCC1(C)CC1.CCCCN(CCN(C)C)SC1CN([C@@H](C)CNCC)C1. The molecule has 1 aliphatic heterocycles. The molecular formula is C22H48N4S. The van der Waals surface area contributed by atoms with E-state index >= 15 is 0 Å². The molecule has 1 saturated heterocycles. The van der Waals surface area contributed by atoms with Crippen molar-refractivity contribution in [3.05, 3.63) is 0 Å². The minimum absolute atomic E-state index is 0.674. The molecule has 162 valence electrons. The summed E-state index contributed by atoms with van der Waals surface area (Å²) in [5.41, 5.74) is 0.792. The van der Waals surface area contributed by atoms with E-state index in [-0.39, 0.29) is 0 Å². The van der Waals surface area contributed by atoms with Crippen molar-refractivity contribution in [1.82, 2.24) is 19.4 Å². The van der Waals surface area contributed by atoms with Gasteiger partial charge in [0.15, 0.2) is 0 Å². The smallest absolute Gasteiger partial charge is 0.0449 e. The number of likely N-dealkylation sites (tertiary alicyclic amines) is 1. The van der Waals surface area contributed by atoms with Gasteiger partial charge in [-0.25, -0.2) is 4.31 Å². The number of hydrogen-bond donors (Lipinski definition) is 1. The Morgan fingerprint density at radius 1 is 1.11 bits per heavy atom. The van der Waals surface area contributed by atoms with Crippen molar-refractivity contribution in [2.45, 2.75) is 78.0 Å². The van der Waals surface area contributed by atoms with E-state index in [0.29, 0.717) is 6.04 Å². The molecule has 0 amide bonds. The Morgan fingerprint density at radius 3 is 2.22 bits per heavy atom. The molecule has 1 N–H and O–H groups in total. The highest BCUT2D eigenvalue weighted by Gasteiger charge is 2.34. The van der Waals surface area contributed by atoms with Crippen LogP contribution in [0.4, 0.5) is 0 Å². The molecule has 5 heteroatoms. The summed E-state index contributed by atoms with van der Waals surface area (Å²) < 4.78 is 2.60. The minimum atomic E-state index is 0.674. The van der Waals surface area contributed by atoms with Gasteiger partial charge in [0, 0.05) is 50.6 Å². The van der Waals surface area contributed by atoms with E-state index < -0.39 is 0 Å². The first-order valence-electron chi connectivity index (χ1n) is 11.3. The Morgan fingerprint density at radius 2 is 1.78 bits per heavy atom. The van der Waals surface area contributed by atoms with Crippen LogP contribution in [0.3, 0.4) is 0 Å². The average molecular weight is 401 g/mol. The second kappa shape index (κ2) is 13.4. The normalized spacial score (nSPS) is 20.3. The zero-order valence-electron chi connectivity index (χ0n) is 19.4. The lowest BCUT2D eigenvalue weighted by atomic mass is 10.1. The van der Waals surface area contributed by atoms with Crippen LogP contribution in [0, 0.1) is 5.41 Å². The van der Waals surface area contributed by atoms with Crippen LogP contribution >= 0.6 is 11.9 Å². The Labute approximate surface area is 174 Å². The molecule has 2 fully saturated rings. The van der Waals surface area contributed by atoms with Crippen LogP contribution < -0.4 is 5.32 Å². The molecule has 0 radical (unpaired) electrons. The van der Waals surface area contributed by atoms with E-state index in [1.807, 2.05) is 0 Å². The molecule has 0 aromatic heterocycles. The molecule has 1 heterocycles. The van der Waals surface area contributed by atoms with Crippen LogP contribution in [0.5, 0.6) is 0 Å². The molecule has 4 nitrogen and oxygen atoms in total. The van der Waals surface area contributed by atoms with Crippen LogP contribution in [-0.4, -0.2) is 85.3 Å². The van der Waals surface area contributed by atoms with Gasteiger partial charge in [0.2, 0.25) is 0 Å². The summed E-state index contributed by atoms with van der Waals surface area (Å²) in [6.45, 7) is 19.7. The summed E-state index contributed by atoms with van der Waals surface area (Å²) in [5.74, 6) is 0. The molecule has 0 aromatic rings. The third kappa shape index (κ3) is 11.1. The fourth-order valence-corrected chi connectivity index (χ4v) is 4.38. The van der Waals surface area contributed by atoms with Crippen molar-refractivity contribution >= 4 is 11.9 Å². The molecule has 1 aliphatic carbocycles. The van der Waals surface area contributed by atoms with Gasteiger partial charge in [-0.3, -0.25) is 4.90 Å². The predicted octanol–water partition coefficient (Wildman–Crippen LogP) is 4.18. The zero-order chi connectivity index (χ0) is 20.3. The number of nitrogens with zero attached hydrogens (tertiary/aromatic N) is 3. The van der Waals surface area contributed by atoms with Gasteiger partial charge in [-0.1, -0.05) is 52.5 Å². The summed E-state index contributed by atoms with van der Waals surface area (Å²) in [7, 11) is 4.33. The van der Waals surface area contributed by atoms with Crippen LogP contribution in [0.1, 0.15) is 66.7 Å². The van der Waals surface area contributed by atoms with E-state index in [1.165, 1.54) is 58.3 Å². The topological polar surface area (TPSA) is 21.8 Å². The highest BCUT2D eigenvalue weighted by molar-refractivity contribution is 7.97. The Bertz CT molecular complexity index is 367. The van der Waals surface area contributed by atoms with Gasteiger partial charge in [-0.15, -0.1) is 0 Å². The first-order chi connectivity index (χ1) is 12.8. The number of hydrogen-bond acceptors (Lipinski definition) is 5. The maximum atomic E-state index is 3.45. The lowest BCUT2D eigenvalue weighted by Gasteiger charge is -2.44. The maximum absolute atomic E-state index is 3.45. The fraction of sp³-hybridized carbons (Fsp3) is 1.00. The van der Waals surface area contributed by atoms with Crippen molar-refractivity contribution < 1.29 is 0 Å². The summed E-state index contributed by atoms with van der Waals surface area (Å²) in [6, 6.07) is 0.674. The van der Waals surface area contributed by atoms with Crippen molar-refractivity contribution in [2.24, 2.45) is 5.41 Å². The monoisotopic (exact) mass is 400 g/mol. The van der Waals surface area contributed by atoms with Crippen LogP contribution in [0.25, 0.3) is 0 Å². The summed E-state index contributed by atoms with van der Waals surface area (Å²) in [5, 5.41) is 4.25. The number of likely N-dealkylation sites (N-methyl/N-ethyl adjacent to an activating group) is 2. The quantitative estimate of drug-likeness (QED) is 0.467. The third-order valence-electron chi connectivity index (χ3n) is 6.00.